The van der Waals surface area contributed by atoms with Crippen LogP contribution in [0, 0.1) is 13.8 Å². The molecule has 2 heterocycles. The molecule has 0 unspecified atom stereocenters. The Kier molecular flexibility index (Phi) is 4.00. The maximum Gasteiger partial charge on any atom is 0.336 e. The summed E-state index contributed by atoms with van der Waals surface area (Å²) in [7, 11) is 0. The van der Waals surface area contributed by atoms with Crippen molar-refractivity contribution in [1.82, 2.24) is 9.80 Å². The molecule has 1 aliphatic rings. The van der Waals surface area contributed by atoms with E-state index in [0.717, 1.165) is 20.9 Å². The van der Waals surface area contributed by atoms with Crippen molar-refractivity contribution in [3.05, 3.63) is 58.0 Å². The van der Waals surface area contributed by atoms with Gasteiger partial charge in [0.2, 0.25) is 0 Å². The molecule has 0 bridgehead atoms. The van der Waals surface area contributed by atoms with Crippen LogP contribution in [0.1, 0.15) is 16.7 Å². The van der Waals surface area contributed by atoms with Crippen molar-refractivity contribution in [2.75, 3.05) is 6.54 Å². The Morgan fingerprint density at radius 2 is 1.64 bits per heavy atom. The SMILES string of the molecule is C=CCN1C(=O)C(=O)N(Cc2cc(=O)oc3cc(C)c(C)cc23)C1=O. The average molecular weight is 340 g/mol. The number of fused-ring (bicyclic) bond motifs is 1. The van der Waals surface area contributed by atoms with Crippen LogP contribution in [0.2, 0.25) is 0 Å². The summed E-state index contributed by atoms with van der Waals surface area (Å²) in [5.41, 5.74) is 2.17. The van der Waals surface area contributed by atoms with Gasteiger partial charge in [-0.15, -0.1) is 6.58 Å². The molecule has 1 aromatic heterocycles. The minimum atomic E-state index is -0.919. The molecule has 0 saturated carbocycles. The Bertz CT molecular complexity index is 989. The molecule has 1 saturated heterocycles. The quantitative estimate of drug-likeness (QED) is 0.367. The van der Waals surface area contributed by atoms with E-state index < -0.39 is 23.5 Å². The highest BCUT2D eigenvalue weighted by molar-refractivity contribution is 6.44. The predicted octanol–water partition coefficient (Wildman–Crippen LogP) is 1.89. The van der Waals surface area contributed by atoms with E-state index in [-0.39, 0.29) is 13.1 Å². The predicted molar refractivity (Wildman–Crippen MR) is 89.8 cm³/mol. The van der Waals surface area contributed by atoms with E-state index in [4.69, 9.17) is 4.42 Å². The second-order valence-electron chi connectivity index (χ2n) is 5.90. The van der Waals surface area contributed by atoms with E-state index in [0.29, 0.717) is 16.5 Å². The fourth-order valence-corrected chi connectivity index (χ4v) is 2.76. The number of nitrogens with zero attached hydrogens (tertiary/aromatic N) is 2. The number of carbonyl (C=O) groups is 3. The minimum Gasteiger partial charge on any atom is -0.423 e. The number of urea groups is 1. The number of hydrogen-bond acceptors (Lipinski definition) is 5. The van der Waals surface area contributed by atoms with Crippen molar-refractivity contribution in [1.29, 1.82) is 0 Å². The first-order valence-electron chi connectivity index (χ1n) is 7.65. The topological polar surface area (TPSA) is 87.9 Å². The highest BCUT2D eigenvalue weighted by Gasteiger charge is 2.43. The fraction of sp³-hybridized carbons (Fsp3) is 0.222. The highest BCUT2D eigenvalue weighted by Crippen LogP contribution is 2.24. The standard InChI is InChI=1S/C18H16N2O5/c1-4-5-19-16(22)17(23)20(18(19)24)9-12-8-15(21)25-14-7-11(3)10(2)6-13(12)14/h4,6-8H,1,5,9H2,2-3H3. The highest BCUT2D eigenvalue weighted by atomic mass is 16.4. The molecule has 128 valence electrons. The van der Waals surface area contributed by atoms with Crippen LogP contribution in [0.5, 0.6) is 0 Å². The summed E-state index contributed by atoms with van der Waals surface area (Å²) in [5, 5.41) is 0.623. The molecule has 0 atom stereocenters. The Labute approximate surface area is 143 Å². The molecular formula is C18H16N2O5. The maximum absolute atomic E-state index is 12.3. The molecule has 2 aromatic rings. The Morgan fingerprint density at radius 1 is 1.00 bits per heavy atom. The monoisotopic (exact) mass is 340 g/mol. The van der Waals surface area contributed by atoms with Crippen molar-refractivity contribution in [2.24, 2.45) is 0 Å². The lowest BCUT2D eigenvalue weighted by molar-refractivity contribution is -0.143. The second-order valence-corrected chi connectivity index (χ2v) is 5.90. The van der Waals surface area contributed by atoms with Crippen LogP contribution >= 0.6 is 0 Å². The zero-order valence-electron chi connectivity index (χ0n) is 13.9. The van der Waals surface area contributed by atoms with Crippen molar-refractivity contribution < 1.29 is 18.8 Å². The number of hydrogen-bond donors (Lipinski definition) is 0. The average Bonchev–Trinajstić information content (AvgIpc) is 2.75. The van der Waals surface area contributed by atoms with Gasteiger partial charge in [0.1, 0.15) is 5.58 Å². The molecule has 3 rings (SSSR count). The van der Waals surface area contributed by atoms with Crippen LogP contribution in [0.15, 0.2) is 40.1 Å². The Hall–Kier alpha value is -3.22. The third-order valence-corrected chi connectivity index (χ3v) is 4.22. The van der Waals surface area contributed by atoms with Crippen LogP contribution in [0.3, 0.4) is 0 Å². The van der Waals surface area contributed by atoms with E-state index in [1.807, 2.05) is 19.9 Å². The lowest BCUT2D eigenvalue weighted by Gasteiger charge is -2.15. The van der Waals surface area contributed by atoms with Gasteiger partial charge in [0.25, 0.3) is 0 Å². The van der Waals surface area contributed by atoms with Gasteiger partial charge in [0.15, 0.2) is 0 Å². The van der Waals surface area contributed by atoms with E-state index in [9.17, 15) is 19.2 Å². The van der Waals surface area contributed by atoms with Crippen molar-refractivity contribution >= 4 is 28.8 Å². The van der Waals surface area contributed by atoms with Gasteiger partial charge in [0.05, 0.1) is 6.54 Å². The zero-order valence-corrected chi connectivity index (χ0v) is 13.9. The number of imide groups is 2. The van der Waals surface area contributed by atoms with Crippen molar-refractivity contribution in [3.63, 3.8) is 0 Å². The zero-order chi connectivity index (χ0) is 18.3. The smallest absolute Gasteiger partial charge is 0.336 e. The summed E-state index contributed by atoms with van der Waals surface area (Å²) in [6.45, 7) is 7.04. The van der Waals surface area contributed by atoms with Crippen LogP contribution < -0.4 is 5.63 Å². The van der Waals surface area contributed by atoms with E-state index in [2.05, 4.69) is 6.58 Å². The largest absolute Gasteiger partial charge is 0.423 e. The van der Waals surface area contributed by atoms with Gasteiger partial charge in [-0.25, -0.2) is 9.59 Å². The summed E-state index contributed by atoms with van der Waals surface area (Å²) < 4.78 is 5.20. The van der Waals surface area contributed by atoms with Gasteiger partial charge in [0, 0.05) is 18.0 Å². The van der Waals surface area contributed by atoms with Crippen LogP contribution in [0.4, 0.5) is 4.79 Å². The van der Waals surface area contributed by atoms with Gasteiger partial charge in [-0.1, -0.05) is 6.08 Å². The first-order valence-corrected chi connectivity index (χ1v) is 7.65. The normalized spacial score (nSPS) is 14.7. The van der Waals surface area contributed by atoms with E-state index in [1.165, 1.54) is 12.1 Å². The fourth-order valence-electron chi connectivity index (χ4n) is 2.76. The van der Waals surface area contributed by atoms with Crippen LogP contribution in [-0.2, 0) is 16.1 Å². The van der Waals surface area contributed by atoms with Crippen LogP contribution in [-0.4, -0.2) is 34.2 Å². The number of rotatable bonds is 4. The third kappa shape index (κ3) is 2.73. The molecule has 7 heteroatoms. The first-order chi connectivity index (χ1) is 11.8. The number of benzene rings is 1. The molecule has 7 nitrogen and oxygen atoms in total. The summed E-state index contributed by atoms with van der Waals surface area (Å²) in [6, 6.07) is 4.08. The molecule has 1 fully saturated rings. The van der Waals surface area contributed by atoms with Gasteiger partial charge in [-0.3, -0.25) is 19.4 Å². The van der Waals surface area contributed by atoms with Crippen molar-refractivity contribution in [3.8, 4) is 0 Å². The van der Waals surface area contributed by atoms with Crippen LogP contribution in [0.25, 0.3) is 11.0 Å². The molecule has 0 radical (unpaired) electrons. The molecule has 0 aliphatic carbocycles. The summed E-state index contributed by atoms with van der Waals surface area (Å²) in [4.78, 5) is 49.8. The molecule has 1 aromatic carbocycles. The minimum absolute atomic E-state index is 0.0457. The van der Waals surface area contributed by atoms with Gasteiger partial charge < -0.3 is 4.42 Å². The molecule has 0 N–H and O–H groups in total. The molecule has 25 heavy (non-hydrogen) atoms. The third-order valence-electron chi connectivity index (χ3n) is 4.22. The van der Waals surface area contributed by atoms with E-state index >= 15 is 0 Å². The van der Waals surface area contributed by atoms with Gasteiger partial charge >= 0.3 is 23.5 Å². The lowest BCUT2D eigenvalue weighted by Crippen LogP contribution is -2.33. The lowest BCUT2D eigenvalue weighted by atomic mass is 10.0. The van der Waals surface area contributed by atoms with E-state index in [1.54, 1.807) is 6.07 Å². The molecule has 4 amide bonds. The number of amides is 4. The molecular weight excluding hydrogens is 324 g/mol. The maximum atomic E-state index is 12.3. The van der Waals surface area contributed by atoms with Gasteiger partial charge in [-0.2, -0.15) is 0 Å². The second kappa shape index (κ2) is 6.01. The summed E-state index contributed by atoms with van der Waals surface area (Å²) in [5.74, 6) is -1.82. The first kappa shape index (κ1) is 16.6. The molecule has 0 spiro atoms. The number of aryl methyl sites for hydroxylation is 2. The summed E-state index contributed by atoms with van der Waals surface area (Å²) >= 11 is 0. The Balaban J connectivity index is 2.06. The number of carbonyl (C=O) groups excluding carboxylic acids is 3. The summed E-state index contributed by atoms with van der Waals surface area (Å²) in [6.07, 6.45) is 1.37. The molecule has 1 aliphatic heterocycles. The van der Waals surface area contributed by atoms with Crippen molar-refractivity contribution in [2.45, 2.75) is 20.4 Å². The Morgan fingerprint density at radius 3 is 2.32 bits per heavy atom. The van der Waals surface area contributed by atoms with Gasteiger partial charge in [-0.05, 0) is 42.7 Å².